The third-order valence-corrected chi connectivity index (χ3v) is 5.16. The van der Waals surface area contributed by atoms with Crippen LogP contribution in [0.1, 0.15) is 23.4 Å². The Morgan fingerprint density at radius 1 is 0.971 bits per heavy atom. The Morgan fingerprint density at radius 3 is 2.65 bits per heavy atom. The standard InChI is InChI=1S/C25H26N8O/c1-16-14-21(25(30-17(16)2)20-7-3-4-12-28-20)34-19-11-13-29-24(15-19)32-23-8-5-6-18(31-23)9-10-22(26)33-27/h3-8,11-15H,9-10,27H2,1-2H3,(H2,26,33)(H,29,31,32). The fourth-order valence-electron chi connectivity index (χ4n) is 3.25. The van der Waals surface area contributed by atoms with Crippen LogP contribution in [0, 0.1) is 13.8 Å². The summed E-state index contributed by atoms with van der Waals surface area (Å²) in [6, 6.07) is 17.0. The van der Waals surface area contributed by atoms with E-state index < -0.39 is 0 Å². The van der Waals surface area contributed by atoms with Gasteiger partial charge in [-0.2, -0.15) is 5.10 Å². The van der Waals surface area contributed by atoms with Crippen molar-refractivity contribution in [3.8, 4) is 22.9 Å². The lowest BCUT2D eigenvalue weighted by molar-refractivity contribution is 0.481. The minimum absolute atomic E-state index is 0.387. The molecule has 4 heterocycles. The highest BCUT2D eigenvalue weighted by atomic mass is 16.5. The molecule has 0 unspecified atom stereocenters. The Hall–Kier alpha value is -4.53. The molecule has 0 radical (unpaired) electrons. The van der Waals surface area contributed by atoms with Gasteiger partial charge in [0.2, 0.25) is 0 Å². The fourth-order valence-corrected chi connectivity index (χ4v) is 3.25. The molecule has 0 aliphatic heterocycles. The molecule has 34 heavy (non-hydrogen) atoms. The summed E-state index contributed by atoms with van der Waals surface area (Å²) in [4.78, 5) is 18.2. The summed E-state index contributed by atoms with van der Waals surface area (Å²) in [5.41, 5.74) is 9.93. The van der Waals surface area contributed by atoms with Crippen molar-refractivity contribution in [3.63, 3.8) is 0 Å². The maximum Gasteiger partial charge on any atom is 0.155 e. The number of pyridine rings is 4. The zero-order valence-corrected chi connectivity index (χ0v) is 19.1. The van der Waals surface area contributed by atoms with E-state index in [2.05, 4.69) is 25.4 Å². The van der Waals surface area contributed by atoms with E-state index >= 15 is 0 Å². The molecular formula is C25H26N8O. The van der Waals surface area contributed by atoms with E-state index in [1.165, 1.54) is 0 Å². The monoisotopic (exact) mass is 454 g/mol. The Balaban J connectivity index is 1.55. The molecule has 4 rings (SSSR count). The van der Waals surface area contributed by atoms with E-state index in [1.54, 1.807) is 18.5 Å². The molecule has 4 aromatic rings. The van der Waals surface area contributed by atoms with Crippen LogP contribution in [0.2, 0.25) is 0 Å². The summed E-state index contributed by atoms with van der Waals surface area (Å²) in [5.74, 6) is 8.08. The molecule has 0 atom stereocenters. The van der Waals surface area contributed by atoms with Crippen molar-refractivity contribution in [1.29, 1.82) is 0 Å². The zero-order chi connectivity index (χ0) is 23.9. The number of rotatable bonds is 8. The predicted octanol–water partition coefficient (Wildman–Crippen LogP) is 4.25. The number of nitrogens with two attached hydrogens (primary N) is 2. The summed E-state index contributed by atoms with van der Waals surface area (Å²) in [6.07, 6.45) is 4.59. The number of hydrazone groups is 1. The number of amidine groups is 1. The highest BCUT2D eigenvalue weighted by molar-refractivity contribution is 5.80. The fraction of sp³-hybridized carbons (Fsp3) is 0.160. The van der Waals surface area contributed by atoms with Gasteiger partial charge in [-0.25, -0.2) is 15.0 Å². The van der Waals surface area contributed by atoms with Crippen molar-refractivity contribution >= 4 is 17.5 Å². The maximum atomic E-state index is 6.24. The first kappa shape index (κ1) is 22.7. The smallest absolute Gasteiger partial charge is 0.155 e. The van der Waals surface area contributed by atoms with Crippen molar-refractivity contribution in [2.45, 2.75) is 26.7 Å². The molecule has 0 aromatic carbocycles. The number of hydrogen-bond donors (Lipinski definition) is 3. The number of aromatic nitrogens is 4. The van der Waals surface area contributed by atoms with Crippen LogP contribution in [0.25, 0.3) is 11.4 Å². The Morgan fingerprint density at radius 2 is 1.85 bits per heavy atom. The van der Waals surface area contributed by atoms with Gasteiger partial charge in [-0.3, -0.25) is 4.98 Å². The second-order valence-electron chi connectivity index (χ2n) is 7.69. The molecule has 172 valence electrons. The highest BCUT2D eigenvalue weighted by Gasteiger charge is 2.13. The lowest BCUT2D eigenvalue weighted by Gasteiger charge is -2.13. The van der Waals surface area contributed by atoms with Gasteiger partial charge in [0.15, 0.2) is 5.75 Å². The average Bonchev–Trinajstić information content (AvgIpc) is 2.85. The summed E-state index contributed by atoms with van der Waals surface area (Å²) in [6.45, 7) is 3.97. The van der Waals surface area contributed by atoms with E-state index in [9.17, 15) is 0 Å². The molecule has 0 bridgehead atoms. The van der Waals surface area contributed by atoms with Gasteiger partial charge in [0.1, 0.15) is 28.9 Å². The Kier molecular flexibility index (Phi) is 6.92. The second kappa shape index (κ2) is 10.4. The first-order chi connectivity index (χ1) is 16.5. The van der Waals surface area contributed by atoms with Crippen LogP contribution >= 0.6 is 0 Å². The first-order valence-electron chi connectivity index (χ1n) is 10.8. The minimum Gasteiger partial charge on any atom is -0.455 e. The van der Waals surface area contributed by atoms with Crippen molar-refractivity contribution in [3.05, 3.63) is 83.9 Å². The molecule has 0 aliphatic rings. The van der Waals surface area contributed by atoms with Gasteiger partial charge in [0.25, 0.3) is 0 Å². The molecule has 0 saturated carbocycles. The van der Waals surface area contributed by atoms with E-state index in [0.717, 1.165) is 22.6 Å². The zero-order valence-electron chi connectivity index (χ0n) is 19.1. The first-order valence-corrected chi connectivity index (χ1v) is 10.8. The lowest BCUT2D eigenvalue weighted by atomic mass is 10.1. The molecular weight excluding hydrogens is 428 g/mol. The van der Waals surface area contributed by atoms with Crippen LogP contribution in [0.5, 0.6) is 11.5 Å². The van der Waals surface area contributed by atoms with E-state index in [1.807, 2.05) is 62.4 Å². The third-order valence-electron chi connectivity index (χ3n) is 5.16. The molecule has 0 aliphatic carbocycles. The van der Waals surface area contributed by atoms with Crippen LogP contribution < -0.4 is 21.6 Å². The average molecular weight is 455 g/mol. The molecule has 0 saturated heterocycles. The number of ether oxygens (including phenoxy) is 1. The van der Waals surface area contributed by atoms with Crippen LogP contribution in [0.15, 0.2) is 72.1 Å². The number of hydrogen-bond acceptors (Lipinski definition) is 8. The predicted molar refractivity (Wildman–Crippen MR) is 133 cm³/mol. The van der Waals surface area contributed by atoms with Crippen LogP contribution in [-0.2, 0) is 6.42 Å². The maximum absolute atomic E-state index is 6.24. The van der Waals surface area contributed by atoms with Crippen molar-refractivity contribution < 1.29 is 4.74 Å². The Bertz CT molecular complexity index is 1310. The SMILES string of the molecule is Cc1cc(Oc2ccnc(Nc3cccc(CC/C(N)=N/N)n3)c2)c(-c2ccccn2)nc1C. The molecule has 9 nitrogen and oxygen atoms in total. The summed E-state index contributed by atoms with van der Waals surface area (Å²) in [5, 5.41) is 6.71. The largest absolute Gasteiger partial charge is 0.455 e. The minimum atomic E-state index is 0.387. The van der Waals surface area contributed by atoms with Gasteiger partial charge in [0, 0.05) is 36.3 Å². The Labute approximate surface area is 198 Å². The van der Waals surface area contributed by atoms with E-state index in [-0.39, 0.29) is 0 Å². The van der Waals surface area contributed by atoms with Gasteiger partial charge < -0.3 is 21.6 Å². The lowest BCUT2D eigenvalue weighted by Crippen LogP contribution is -2.15. The van der Waals surface area contributed by atoms with E-state index in [4.69, 9.17) is 21.3 Å². The molecule has 0 fully saturated rings. The van der Waals surface area contributed by atoms with Gasteiger partial charge >= 0.3 is 0 Å². The quantitative estimate of drug-likeness (QED) is 0.155. The molecule has 9 heteroatoms. The van der Waals surface area contributed by atoms with Gasteiger partial charge in [0.05, 0.1) is 5.69 Å². The van der Waals surface area contributed by atoms with Gasteiger partial charge in [-0.15, -0.1) is 0 Å². The second-order valence-corrected chi connectivity index (χ2v) is 7.69. The highest BCUT2D eigenvalue weighted by Crippen LogP contribution is 2.33. The molecule has 5 N–H and O–H groups in total. The van der Waals surface area contributed by atoms with Crippen LogP contribution in [0.3, 0.4) is 0 Å². The topological polar surface area (TPSA) is 137 Å². The van der Waals surface area contributed by atoms with Crippen molar-refractivity contribution in [2.75, 3.05) is 5.32 Å². The van der Waals surface area contributed by atoms with Crippen molar-refractivity contribution in [2.24, 2.45) is 16.7 Å². The van der Waals surface area contributed by atoms with E-state index in [0.29, 0.717) is 47.5 Å². The number of nitrogens with zero attached hydrogens (tertiary/aromatic N) is 5. The number of anilines is 2. The van der Waals surface area contributed by atoms with Crippen molar-refractivity contribution in [1.82, 2.24) is 19.9 Å². The normalized spacial score (nSPS) is 11.3. The third kappa shape index (κ3) is 5.63. The molecule has 0 spiro atoms. The number of aryl methyl sites for hydroxylation is 3. The van der Waals surface area contributed by atoms with Crippen LogP contribution in [-0.4, -0.2) is 25.8 Å². The molecule has 4 aromatic heterocycles. The summed E-state index contributed by atoms with van der Waals surface area (Å²) >= 11 is 0. The number of nitrogens with one attached hydrogen (secondary N) is 1. The summed E-state index contributed by atoms with van der Waals surface area (Å²) < 4.78 is 6.24. The van der Waals surface area contributed by atoms with Crippen LogP contribution in [0.4, 0.5) is 11.6 Å². The van der Waals surface area contributed by atoms with Gasteiger partial charge in [-0.1, -0.05) is 12.1 Å². The molecule has 0 amide bonds. The van der Waals surface area contributed by atoms with Gasteiger partial charge in [-0.05, 0) is 62.2 Å². The summed E-state index contributed by atoms with van der Waals surface area (Å²) in [7, 11) is 0.